The van der Waals surface area contributed by atoms with Gasteiger partial charge in [0.2, 0.25) is 0 Å². The van der Waals surface area contributed by atoms with Crippen molar-refractivity contribution in [1.29, 1.82) is 0 Å². The van der Waals surface area contributed by atoms with Gasteiger partial charge in [-0.25, -0.2) is 4.68 Å². The second kappa shape index (κ2) is 10.6. The molecular formula is C33H35N5O3. The second-order valence-electron chi connectivity index (χ2n) is 11.5. The fourth-order valence-electron chi connectivity index (χ4n) is 6.07. The van der Waals surface area contributed by atoms with Crippen LogP contribution in [-0.4, -0.2) is 40.7 Å². The summed E-state index contributed by atoms with van der Waals surface area (Å²) in [7, 11) is 0. The molecule has 41 heavy (non-hydrogen) atoms. The van der Waals surface area contributed by atoms with E-state index in [4.69, 9.17) is 15.2 Å². The minimum Gasteiger partial charge on any atom is -0.481 e. The number of pyridine rings is 1. The molecule has 0 aliphatic heterocycles. The number of aryl methyl sites for hydroxylation is 1. The Labute approximate surface area is 239 Å². The quantitative estimate of drug-likeness (QED) is 0.234. The Balaban J connectivity index is 1.36. The van der Waals surface area contributed by atoms with E-state index in [9.17, 15) is 15.0 Å². The lowest BCUT2D eigenvalue weighted by atomic mass is 9.73. The van der Waals surface area contributed by atoms with Gasteiger partial charge in [-0.15, -0.1) is 0 Å². The summed E-state index contributed by atoms with van der Waals surface area (Å²) in [6.45, 7) is 8.81. The van der Waals surface area contributed by atoms with Gasteiger partial charge in [0, 0.05) is 40.0 Å². The molecule has 6 rings (SSSR count). The Bertz CT molecular complexity index is 1730. The number of carboxylic acid groups (broad SMARTS) is 1. The van der Waals surface area contributed by atoms with Gasteiger partial charge in [-0.05, 0) is 56.4 Å². The number of hydrogen-bond acceptors (Lipinski definition) is 5. The molecule has 0 unspecified atom stereocenters. The molecule has 2 N–H and O–H groups in total. The number of aliphatic hydroxyl groups is 1. The third kappa shape index (κ3) is 4.93. The number of aliphatic hydroxyl groups excluding tert-OH is 1. The average Bonchev–Trinajstić information content (AvgIpc) is 3.48. The lowest BCUT2D eigenvalue weighted by Crippen LogP contribution is -2.29. The molecule has 1 aliphatic rings. The van der Waals surface area contributed by atoms with Crippen LogP contribution in [0.1, 0.15) is 72.8 Å². The van der Waals surface area contributed by atoms with Gasteiger partial charge in [0.1, 0.15) is 0 Å². The molecule has 0 radical (unpaired) electrons. The van der Waals surface area contributed by atoms with Crippen molar-refractivity contribution in [3.8, 4) is 16.9 Å². The van der Waals surface area contributed by atoms with Crippen molar-refractivity contribution in [2.75, 3.05) is 0 Å². The summed E-state index contributed by atoms with van der Waals surface area (Å²) in [5.74, 6) is -0.554. The third-order valence-electron chi connectivity index (χ3n) is 8.35. The number of aliphatic carboxylic acids is 1. The predicted molar refractivity (Wildman–Crippen MR) is 158 cm³/mol. The molecule has 0 saturated heterocycles. The highest BCUT2D eigenvalue weighted by molar-refractivity contribution is 5.94. The SMILES string of the molecule is Cc1nc(C2CC(C(=O)O)C2)ccc1-n1nc(-c2cccc3nn(C[C@H](O)c4ccccc4)cc23)c(C(C)C)c1C. The number of carbonyl (C=O) groups is 1. The number of carboxylic acids is 1. The normalized spacial score (nSPS) is 17.6. The molecule has 3 aromatic heterocycles. The molecule has 2 aromatic carbocycles. The third-order valence-corrected chi connectivity index (χ3v) is 8.35. The molecule has 5 aromatic rings. The van der Waals surface area contributed by atoms with Crippen LogP contribution in [0.2, 0.25) is 0 Å². The summed E-state index contributed by atoms with van der Waals surface area (Å²) in [5.41, 5.74) is 8.60. The smallest absolute Gasteiger partial charge is 0.306 e. The summed E-state index contributed by atoms with van der Waals surface area (Å²) >= 11 is 0. The number of benzene rings is 2. The lowest BCUT2D eigenvalue weighted by Gasteiger charge is -2.32. The minimum atomic E-state index is -0.719. The Morgan fingerprint density at radius 3 is 2.44 bits per heavy atom. The van der Waals surface area contributed by atoms with Gasteiger partial charge < -0.3 is 10.2 Å². The molecule has 1 aliphatic carbocycles. The number of aromatic nitrogens is 5. The van der Waals surface area contributed by atoms with Gasteiger partial charge in [-0.2, -0.15) is 10.2 Å². The van der Waals surface area contributed by atoms with Crippen LogP contribution in [0.3, 0.4) is 0 Å². The zero-order chi connectivity index (χ0) is 28.8. The van der Waals surface area contributed by atoms with E-state index in [1.165, 1.54) is 5.56 Å². The topological polar surface area (TPSA) is 106 Å². The van der Waals surface area contributed by atoms with E-state index in [1.807, 2.05) is 71.0 Å². The highest BCUT2D eigenvalue weighted by Gasteiger charge is 2.36. The Hall–Kier alpha value is -4.30. The van der Waals surface area contributed by atoms with Crippen molar-refractivity contribution < 1.29 is 15.0 Å². The minimum absolute atomic E-state index is 0.193. The zero-order valence-corrected chi connectivity index (χ0v) is 23.8. The Morgan fingerprint density at radius 2 is 1.76 bits per heavy atom. The van der Waals surface area contributed by atoms with Gasteiger partial charge in [-0.1, -0.05) is 56.3 Å². The first-order valence-corrected chi connectivity index (χ1v) is 14.2. The Morgan fingerprint density at radius 1 is 1.00 bits per heavy atom. The van der Waals surface area contributed by atoms with E-state index < -0.39 is 12.1 Å². The van der Waals surface area contributed by atoms with Gasteiger partial charge in [0.25, 0.3) is 0 Å². The molecular weight excluding hydrogens is 514 g/mol. The molecule has 1 fully saturated rings. The summed E-state index contributed by atoms with van der Waals surface area (Å²) in [6.07, 6.45) is 2.63. The summed E-state index contributed by atoms with van der Waals surface area (Å²) in [4.78, 5) is 16.1. The first-order valence-electron chi connectivity index (χ1n) is 14.2. The highest BCUT2D eigenvalue weighted by atomic mass is 16.4. The van der Waals surface area contributed by atoms with Crippen LogP contribution in [-0.2, 0) is 11.3 Å². The Kier molecular flexibility index (Phi) is 6.95. The van der Waals surface area contributed by atoms with Gasteiger partial charge in [-0.3, -0.25) is 14.5 Å². The maximum absolute atomic E-state index is 11.2. The number of nitrogens with zero attached hydrogens (tertiary/aromatic N) is 5. The highest BCUT2D eigenvalue weighted by Crippen LogP contribution is 2.42. The zero-order valence-electron chi connectivity index (χ0n) is 23.8. The fraction of sp³-hybridized carbons (Fsp3) is 0.333. The summed E-state index contributed by atoms with van der Waals surface area (Å²) < 4.78 is 3.80. The van der Waals surface area contributed by atoms with Crippen LogP contribution in [0.15, 0.2) is 66.9 Å². The first kappa shape index (κ1) is 26.9. The van der Waals surface area contributed by atoms with Crippen molar-refractivity contribution in [2.24, 2.45) is 5.92 Å². The standard InChI is InChI=1S/C33H35N5O3/c1-19(2)31-21(4)38(29-14-13-27(34-20(29)3)23-15-24(16-23)33(40)41)36-32(31)25-11-8-12-28-26(25)17-37(35-28)18-30(39)22-9-6-5-7-10-22/h5-14,17,19,23-24,30,39H,15-16,18H2,1-4H3,(H,40,41)/t23?,24?,30-/m0/s1. The van der Waals surface area contributed by atoms with E-state index in [0.717, 1.165) is 50.5 Å². The molecule has 210 valence electrons. The van der Waals surface area contributed by atoms with Crippen LogP contribution in [0.5, 0.6) is 0 Å². The van der Waals surface area contributed by atoms with Crippen molar-refractivity contribution in [3.05, 3.63) is 95.1 Å². The van der Waals surface area contributed by atoms with Crippen LogP contribution in [0, 0.1) is 19.8 Å². The lowest BCUT2D eigenvalue weighted by molar-refractivity contribution is -0.145. The molecule has 0 amide bonds. The van der Waals surface area contributed by atoms with Gasteiger partial charge in [0.15, 0.2) is 0 Å². The molecule has 1 saturated carbocycles. The molecule has 8 heteroatoms. The summed E-state index contributed by atoms with van der Waals surface area (Å²) in [6, 6.07) is 19.8. The number of fused-ring (bicyclic) bond motifs is 1. The van der Waals surface area contributed by atoms with Crippen molar-refractivity contribution >= 4 is 16.9 Å². The van der Waals surface area contributed by atoms with E-state index in [2.05, 4.69) is 32.9 Å². The van der Waals surface area contributed by atoms with E-state index in [1.54, 1.807) is 0 Å². The molecule has 0 bridgehead atoms. The largest absolute Gasteiger partial charge is 0.481 e. The maximum Gasteiger partial charge on any atom is 0.306 e. The first-order chi connectivity index (χ1) is 19.7. The van der Waals surface area contributed by atoms with Crippen LogP contribution >= 0.6 is 0 Å². The maximum atomic E-state index is 11.2. The predicted octanol–water partition coefficient (Wildman–Crippen LogP) is 6.34. The molecule has 8 nitrogen and oxygen atoms in total. The number of rotatable bonds is 8. The van der Waals surface area contributed by atoms with E-state index >= 15 is 0 Å². The second-order valence-corrected chi connectivity index (χ2v) is 11.5. The number of hydrogen-bond donors (Lipinski definition) is 2. The van der Waals surface area contributed by atoms with Crippen LogP contribution in [0.25, 0.3) is 27.8 Å². The molecule has 0 spiro atoms. The van der Waals surface area contributed by atoms with Crippen molar-refractivity contribution in [2.45, 2.75) is 65.0 Å². The fourth-order valence-corrected chi connectivity index (χ4v) is 6.07. The molecule has 3 heterocycles. The summed E-state index contributed by atoms with van der Waals surface area (Å²) in [5, 5.41) is 31.0. The van der Waals surface area contributed by atoms with Crippen LogP contribution in [0.4, 0.5) is 0 Å². The van der Waals surface area contributed by atoms with Crippen molar-refractivity contribution in [1.82, 2.24) is 24.5 Å². The van der Waals surface area contributed by atoms with E-state index in [-0.39, 0.29) is 17.8 Å². The van der Waals surface area contributed by atoms with E-state index in [0.29, 0.717) is 19.4 Å². The van der Waals surface area contributed by atoms with Gasteiger partial charge in [0.05, 0.1) is 41.2 Å². The molecule has 1 atom stereocenters. The monoisotopic (exact) mass is 549 g/mol. The average molecular weight is 550 g/mol. The van der Waals surface area contributed by atoms with Crippen LogP contribution < -0.4 is 0 Å². The van der Waals surface area contributed by atoms with Gasteiger partial charge >= 0.3 is 5.97 Å². The van der Waals surface area contributed by atoms with Crippen molar-refractivity contribution in [3.63, 3.8) is 0 Å².